The third-order valence-electron chi connectivity index (χ3n) is 8.42. The Morgan fingerprint density at radius 3 is 1.82 bits per heavy atom. The SMILES string of the molecule is c1ccc2c(c1)Oc1cc(-c3ccc4ccccc4c3)ccc1N2c1ccc(-c2nsc(-c3ccc4ccccc4c3)n2)cc1. The molecule has 1 aliphatic rings. The van der Waals surface area contributed by atoms with Crippen LogP contribution in [-0.2, 0) is 0 Å². The molecule has 1 aromatic heterocycles. The fourth-order valence-electron chi connectivity index (χ4n) is 6.12. The van der Waals surface area contributed by atoms with Crippen molar-refractivity contribution < 1.29 is 4.74 Å². The Morgan fingerprint density at radius 1 is 0.467 bits per heavy atom. The predicted molar refractivity (Wildman–Crippen MR) is 186 cm³/mol. The monoisotopic (exact) mass is 595 g/mol. The lowest BCUT2D eigenvalue weighted by molar-refractivity contribution is 0.477. The highest BCUT2D eigenvalue weighted by molar-refractivity contribution is 7.09. The summed E-state index contributed by atoms with van der Waals surface area (Å²) >= 11 is 1.43. The first kappa shape index (κ1) is 25.7. The van der Waals surface area contributed by atoms with E-state index in [0.717, 1.165) is 61.6 Å². The number of para-hydroxylation sites is 2. The average Bonchev–Trinajstić information content (AvgIpc) is 3.61. The molecule has 0 saturated carbocycles. The lowest BCUT2D eigenvalue weighted by Crippen LogP contribution is -2.15. The van der Waals surface area contributed by atoms with Crippen LogP contribution < -0.4 is 9.64 Å². The maximum absolute atomic E-state index is 6.48. The summed E-state index contributed by atoms with van der Waals surface area (Å²) in [5, 5.41) is 5.79. The van der Waals surface area contributed by atoms with E-state index in [1.54, 1.807) is 0 Å². The van der Waals surface area contributed by atoms with Gasteiger partial charge in [0.25, 0.3) is 0 Å². The van der Waals surface area contributed by atoms with E-state index in [1.165, 1.54) is 33.1 Å². The van der Waals surface area contributed by atoms with E-state index >= 15 is 0 Å². The molecule has 0 unspecified atom stereocenters. The van der Waals surface area contributed by atoms with Crippen LogP contribution in [0, 0.1) is 0 Å². The minimum absolute atomic E-state index is 0.734. The second-order valence-corrected chi connectivity index (χ2v) is 11.9. The first-order valence-corrected chi connectivity index (χ1v) is 15.7. The summed E-state index contributed by atoms with van der Waals surface area (Å²) < 4.78 is 11.2. The molecule has 0 radical (unpaired) electrons. The van der Waals surface area contributed by atoms with Crippen LogP contribution in [-0.4, -0.2) is 9.36 Å². The van der Waals surface area contributed by atoms with Gasteiger partial charge in [0.1, 0.15) is 5.01 Å². The topological polar surface area (TPSA) is 38.2 Å². The molecule has 7 aromatic carbocycles. The number of hydrogen-bond donors (Lipinski definition) is 0. The lowest BCUT2D eigenvalue weighted by atomic mass is 10.00. The van der Waals surface area contributed by atoms with Crippen LogP contribution in [0.3, 0.4) is 0 Å². The van der Waals surface area contributed by atoms with Gasteiger partial charge in [-0.15, -0.1) is 0 Å². The summed E-state index contributed by atoms with van der Waals surface area (Å²) in [6, 6.07) is 53.0. The molecule has 45 heavy (non-hydrogen) atoms. The van der Waals surface area contributed by atoms with Gasteiger partial charge in [0.15, 0.2) is 17.3 Å². The fraction of sp³-hybridized carbons (Fsp3) is 0. The van der Waals surface area contributed by atoms with Crippen molar-refractivity contribution in [3.05, 3.63) is 152 Å². The van der Waals surface area contributed by atoms with Gasteiger partial charge in [-0.1, -0.05) is 91.0 Å². The molecular formula is C40H25N3OS. The standard InChI is InChI=1S/C40H25N3OS/c1-3-9-29-23-31(15-13-26(29)7-1)32-19-22-36-38(25-32)44-37-12-6-5-11-35(37)43(36)34-20-17-28(18-21-34)39-41-40(45-42-39)33-16-14-27-8-2-4-10-30(27)24-33/h1-25H. The van der Waals surface area contributed by atoms with Crippen molar-refractivity contribution >= 4 is 50.1 Å². The molecule has 0 saturated heterocycles. The lowest BCUT2D eigenvalue weighted by Gasteiger charge is -2.33. The van der Waals surface area contributed by atoms with Gasteiger partial charge in [0.05, 0.1) is 11.4 Å². The molecular weight excluding hydrogens is 571 g/mol. The zero-order valence-electron chi connectivity index (χ0n) is 24.1. The molecule has 1 aliphatic heterocycles. The smallest absolute Gasteiger partial charge is 0.173 e. The molecule has 0 aliphatic carbocycles. The van der Waals surface area contributed by atoms with Crippen molar-refractivity contribution in [2.24, 2.45) is 0 Å². The Hall–Kier alpha value is -5.78. The summed E-state index contributed by atoms with van der Waals surface area (Å²) in [5.74, 6) is 2.38. The van der Waals surface area contributed by atoms with E-state index in [-0.39, 0.29) is 0 Å². The highest BCUT2D eigenvalue weighted by Gasteiger charge is 2.26. The van der Waals surface area contributed by atoms with E-state index in [9.17, 15) is 0 Å². The van der Waals surface area contributed by atoms with Crippen LogP contribution in [0.15, 0.2) is 152 Å². The van der Waals surface area contributed by atoms with E-state index in [1.807, 2.05) is 18.2 Å². The third-order valence-corrected chi connectivity index (χ3v) is 9.18. The van der Waals surface area contributed by atoms with E-state index in [4.69, 9.17) is 14.1 Å². The average molecular weight is 596 g/mol. The van der Waals surface area contributed by atoms with Gasteiger partial charge in [0.2, 0.25) is 0 Å². The van der Waals surface area contributed by atoms with Gasteiger partial charge in [-0.05, 0) is 105 Å². The normalized spacial score (nSPS) is 12.1. The second kappa shape index (κ2) is 10.4. The molecule has 212 valence electrons. The van der Waals surface area contributed by atoms with Gasteiger partial charge >= 0.3 is 0 Å². The number of benzene rings is 7. The Morgan fingerprint density at radius 2 is 1.04 bits per heavy atom. The number of aromatic nitrogens is 2. The van der Waals surface area contributed by atoms with Gasteiger partial charge < -0.3 is 9.64 Å². The maximum Gasteiger partial charge on any atom is 0.173 e. The summed E-state index contributed by atoms with van der Waals surface area (Å²) in [4.78, 5) is 7.16. The Kier molecular flexibility index (Phi) is 5.96. The van der Waals surface area contributed by atoms with Crippen LogP contribution in [0.5, 0.6) is 11.5 Å². The Balaban J connectivity index is 1.06. The minimum atomic E-state index is 0.734. The van der Waals surface area contributed by atoms with E-state index in [2.05, 4.69) is 138 Å². The van der Waals surface area contributed by atoms with E-state index in [0.29, 0.717) is 0 Å². The van der Waals surface area contributed by atoms with Gasteiger partial charge in [-0.25, -0.2) is 4.98 Å². The summed E-state index contributed by atoms with van der Waals surface area (Å²) in [5.41, 5.74) is 7.38. The number of nitrogens with zero attached hydrogens (tertiary/aromatic N) is 3. The number of anilines is 3. The highest BCUT2D eigenvalue weighted by atomic mass is 32.1. The van der Waals surface area contributed by atoms with Gasteiger partial charge in [-0.2, -0.15) is 4.37 Å². The molecule has 8 aromatic rings. The number of hydrogen-bond acceptors (Lipinski definition) is 5. The van der Waals surface area contributed by atoms with Crippen LogP contribution in [0.2, 0.25) is 0 Å². The zero-order valence-corrected chi connectivity index (χ0v) is 24.9. The first-order valence-electron chi connectivity index (χ1n) is 14.9. The quantitative estimate of drug-likeness (QED) is 0.203. The predicted octanol–water partition coefficient (Wildman–Crippen LogP) is 11.4. The number of fused-ring (bicyclic) bond motifs is 4. The van der Waals surface area contributed by atoms with Crippen LogP contribution >= 0.6 is 11.5 Å². The molecule has 5 heteroatoms. The van der Waals surface area contributed by atoms with Crippen molar-refractivity contribution in [2.75, 3.05) is 4.90 Å². The number of rotatable bonds is 4. The molecule has 0 amide bonds. The maximum atomic E-state index is 6.48. The molecule has 4 nitrogen and oxygen atoms in total. The third kappa shape index (κ3) is 4.53. The van der Waals surface area contributed by atoms with Gasteiger partial charge in [-0.3, -0.25) is 0 Å². The molecule has 0 bridgehead atoms. The van der Waals surface area contributed by atoms with Crippen molar-refractivity contribution in [1.82, 2.24) is 9.36 Å². The molecule has 0 fully saturated rings. The molecule has 0 spiro atoms. The molecule has 2 heterocycles. The van der Waals surface area contributed by atoms with Crippen molar-refractivity contribution in [1.29, 1.82) is 0 Å². The summed E-state index contributed by atoms with van der Waals surface area (Å²) in [6.45, 7) is 0. The zero-order chi connectivity index (χ0) is 29.7. The largest absolute Gasteiger partial charge is 0.453 e. The summed E-state index contributed by atoms with van der Waals surface area (Å²) in [6.07, 6.45) is 0. The molecule has 0 atom stereocenters. The van der Waals surface area contributed by atoms with Gasteiger partial charge in [0, 0.05) is 16.8 Å². The summed E-state index contributed by atoms with van der Waals surface area (Å²) in [7, 11) is 0. The fourth-order valence-corrected chi connectivity index (χ4v) is 6.80. The molecule has 0 N–H and O–H groups in total. The first-order chi connectivity index (χ1) is 22.3. The van der Waals surface area contributed by atoms with E-state index < -0.39 is 0 Å². The highest BCUT2D eigenvalue weighted by Crippen LogP contribution is 2.51. The number of ether oxygens (including phenoxy) is 1. The van der Waals surface area contributed by atoms with Crippen LogP contribution in [0.25, 0.3) is 54.6 Å². The van der Waals surface area contributed by atoms with Crippen molar-refractivity contribution in [2.45, 2.75) is 0 Å². The van der Waals surface area contributed by atoms with Crippen LogP contribution in [0.1, 0.15) is 0 Å². The van der Waals surface area contributed by atoms with Crippen LogP contribution in [0.4, 0.5) is 17.1 Å². The Bertz CT molecular complexity index is 2380. The van der Waals surface area contributed by atoms with Crippen molar-refractivity contribution in [3.8, 4) is 44.6 Å². The second-order valence-electron chi connectivity index (χ2n) is 11.2. The minimum Gasteiger partial charge on any atom is -0.453 e. The van der Waals surface area contributed by atoms with Crippen molar-refractivity contribution in [3.63, 3.8) is 0 Å². The molecule has 9 rings (SSSR count). The Labute approximate surface area is 264 Å².